The van der Waals surface area contributed by atoms with E-state index in [1.165, 1.54) is 0 Å². The molecule has 1 aromatic carbocycles. The summed E-state index contributed by atoms with van der Waals surface area (Å²) in [5.41, 5.74) is 7.94. The van der Waals surface area contributed by atoms with Crippen molar-refractivity contribution in [2.45, 2.75) is 13.5 Å². The molecule has 0 bridgehead atoms. The number of fused-ring (bicyclic) bond motifs is 1. The van der Waals surface area contributed by atoms with Gasteiger partial charge in [-0.3, -0.25) is 0 Å². The number of rotatable bonds is 2. The van der Waals surface area contributed by atoms with E-state index in [0.29, 0.717) is 12.5 Å². The largest absolute Gasteiger partial charge is 0.454 e. The van der Waals surface area contributed by atoms with Crippen molar-refractivity contribution in [3.63, 3.8) is 0 Å². The van der Waals surface area contributed by atoms with Crippen LogP contribution >= 0.6 is 15.9 Å². The number of nitrogens with two attached hydrogens (primary N) is 1. The number of ether oxygens (including phenoxy) is 2. The minimum atomic E-state index is 0.267. The summed E-state index contributed by atoms with van der Waals surface area (Å²) in [6.07, 6.45) is 1.76. The number of hydrogen-bond acceptors (Lipinski definition) is 4. The van der Waals surface area contributed by atoms with Crippen LogP contribution in [0.15, 0.2) is 22.8 Å². The zero-order valence-electron chi connectivity index (χ0n) is 9.81. The molecule has 2 heterocycles. The van der Waals surface area contributed by atoms with E-state index in [-0.39, 0.29) is 6.79 Å². The van der Waals surface area contributed by atoms with E-state index in [4.69, 9.17) is 15.2 Å². The molecule has 2 N–H and O–H groups in total. The molecule has 5 nitrogen and oxygen atoms in total. The van der Waals surface area contributed by atoms with Crippen LogP contribution in [-0.2, 0) is 6.54 Å². The van der Waals surface area contributed by atoms with Crippen molar-refractivity contribution in [2.24, 2.45) is 0 Å². The number of benzene rings is 1. The molecule has 94 valence electrons. The van der Waals surface area contributed by atoms with Gasteiger partial charge in [0, 0.05) is 5.69 Å². The number of anilines is 1. The average molecular weight is 310 g/mol. The Balaban J connectivity index is 1.97. The van der Waals surface area contributed by atoms with Crippen LogP contribution in [0.25, 0.3) is 0 Å². The highest BCUT2D eigenvalue weighted by atomic mass is 79.9. The predicted octanol–water partition coefficient (Wildman–Crippen LogP) is 2.31. The monoisotopic (exact) mass is 309 g/mol. The zero-order valence-corrected chi connectivity index (χ0v) is 11.4. The van der Waals surface area contributed by atoms with Crippen LogP contribution < -0.4 is 15.2 Å². The minimum Gasteiger partial charge on any atom is -0.454 e. The second-order valence-corrected chi connectivity index (χ2v) is 5.01. The lowest BCUT2D eigenvalue weighted by molar-refractivity contribution is 0.173. The molecule has 0 saturated heterocycles. The Morgan fingerprint density at radius 2 is 2.28 bits per heavy atom. The molecule has 0 saturated carbocycles. The second kappa shape index (κ2) is 4.20. The van der Waals surface area contributed by atoms with Crippen molar-refractivity contribution in [3.05, 3.63) is 34.1 Å². The van der Waals surface area contributed by atoms with Gasteiger partial charge in [0.1, 0.15) is 0 Å². The van der Waals surface area contributed by atoms with Crippen molar-refractivity contribution in [2.75, 3.05) is 12.5 Å². The third-order valence-electron chi connectivity index (χ3n) is 2.91. The summed E-state index contributed by atoms with van der Waals surface area (Å²) in [6.45, 7) is 2.90. The molecular weight excluding hydrogens is 298 g/mol. The first-order chi connectivity index (χ1) is 8.65. The fraction of sp³-hybridized carbons (Fsp3) is 0.250. The summed E-state index contributed by atoms with van der Waals surface area (Å²) in [5.74, 6) is 2.03. The van der Waals surface area contributed by atoms with Crippen molar-refractivity contribution in [1.29, 1.82) is 0 Å². The molecule has 0 atom stereocenters. The summed E-state index contributed by atoms with van der Waals surface area (Å²) in [5, 5.41) is 0. The lowest BCUT2D eigenvalue weighted by atomic mass is 10.2. The topological polar surface area (TPSA) is 62.3 Å². The van der Waals surface area contributed by atoms with Gasteiger partial charge in [0.2, 0.25) is 12.7 Å². The van der Waals surface area contributed by atoms with E-state index >= 15 is 0 Å². The maximum Gasteiger partial charge on any atom is 0.231 e. The van der Waals surface area contributed by atoms with E-state index in [2.05, 4.69) is 20.9 Å². The van der Waals surface area contributed by atoms with Crippen LogP contribution in [0.1, 0.15) is 11.3 Å². The highest BCUT2D eigenvalue weighted by Crippen LogP contribution is 2.40. The molecule has 0 amide bonds. The molecule has 1 aliphatic heterocycles. The quantitative estimate of drug-likeness (QED) is 0.924. The zero-order chi connectivity index (χ0) is 12.7. The Morgan fingerprint density at radius 3 is 3.00 bits per heavy atom. The predicted molar refractivity (Wildman–Crippen MR) is 70.7 cm³/mol. The van der Waals surface area contributed by atoms with Gasteiger partial charge >= 0.3 is 0 Å². The molecule has 3 rings (SSSR count). The maximum absolute atomic E-state index is 5.82. The minimum absolute atomic E-state index is 0.267. The maximum atomic E-state index is 5.82. The van der Waals surface area contributed by atoms with E-state index in [1.807, 2.05) is 23.6 Å². The summed E-state index contributed by atoms with van der Waals surface area (Å²) in [6, 6.07) is 3.97. The van der Waals surface area contributed by atoms with Crippen LogP contribution in [0.3, 0.4) is 0 Å². The van der Waals surface area contributed by atoms with Crippen LogP contribution in [0.2, 0.25) is 0 Å². The first-order valence-corrected chi connectivity index (χ1v) is 6.30. The van der Waals surface area contributed by atoms with Crippen molar-refractivity contribution < 1.29 is 9.47 Å². The molecule has 0 fully saturated rings. The SMILES string of the molecule is Cc1cnc(N)n1Cc1cc(Br)c2c(c1)OCO2. The summed E-state index contributed by atoms with van der Waals surface area (Å²) in [4.78, 5) is 4.08. The second-order valence-electron chi connectivity index (χ2n) is 4.16. The number of nitrogen functional groups attached to an aromatic ring is 1. The van der Waals surface area contributed by atoms with Gasteiger partial charge < -0.3 is 19.8 Å². The van der Waals surface area contributed by atoms with Gasteiger partial charge in [-0.2, -0.15) is 0 Å². The molecular formula is C12H12BrN3O2. The molecule has 2 aromatic rings. The van der Waals surface area contributed by atoms with E-state index in [9.17, 15) is 0 Å². The molecule has 18 heavy (non-hydrogen) atoms. The normalized spacial score (nSPS) is 13.0. The van der Waals surface area contributed by atoms with Crippen LogP contribution in [0, 0.1) is 6.92 Å². The number of halogens is 1. The van der Waals surface area contributed by atoms with Gasteiger partial charge in [-0.25, -0.2) is 4.98 Å². The van der Waals surface area contributed by atoms with Crippen molar-refractivity contribution >= 4 is 21.9 Å². The Bertz CT molecular complexity index is 590. The molecule has 1 aromatic heterocycles. The molecule has 0 spiro atoms. The summed E-state index contributed by atoms with van der Waals surface area (Å²) >= 11 is 3.48. The fourth-order valence-electron chi connectivity index (χ4n) is 1.98. The number of imidazole rings is 1. The number of hydrogen-bond donors (Lipinski definition) is 1. The van der Waals surface area contributed by atoms with Crippen LogP contribution in [0.4, 0.5) is 5.95 Å². The van der Waals surface area contributed by atoms with E-state index in [1.54, 1.807) is 6.20 Å². The molecule has 6 heteroatoms. The highest BCUT2D eigenvalue weighted by molar-refractivity contribution is 9.10. The lowest BCUT2D eigenvalue weighted by Gasteiger charge is -2.09. The van der Waals surface area contributed by atoms with Crippen molar-refractivity contribution in [3.8, 4) is 11.5 Å². The smallest absolute Gasteiger partial charge is 0.231 e. The third kappa shape index (κ3) is 1.82. The molecule has 1 aliphatic rings. The van der Waals surface area contributed by atoms with Crippen LogP contribution in [-0.4, -0.2) is 16.3 Å². The van der Waals surface area contributed by atoms with Gasteiger partial charge in [0.25, 0.3) is 0 Å². The van der Waals surface area contributed by atoms with Gasteiger partial charge in [-0.05, 0) is 40.5 Å². The van der Waals surface area contributed by atoms with E-state index < -0.39 is 0 Å². The van der Waals surface area contributed by atoms with Crippen molar-refractivity contribution in [1.82, 2.24) is 9.55 Å². The summed E-state index contributed by atoms with van der Waals surface area (Å²) < 4.78 is 13.6. The Kier molecular flexibility index (Phi) is 2.66. The number of nitrogens with zero attached hydrogens (tertiary/aromatic N) is 2. The highest BCUT2D eigenvalue weighted by Gasteiger charge is 2.18. The first kappa shape index (κ1) is 11.4. The molecule has 0 aliphatic carbocycles. The molecule has 0 radical (unpaired) electrons. The standard InChI is InChI=1S/C12H12BrN3O2/c1-7-4-15-12(14)16(7)5-8-2-9(13)11-10(3-8)17-6-18-11/h2-4H,5-6H2,1H3,(H2,14,15). The van der Waals surface area contributed by atoms with E-state index in [0.717, 1.165) is 27.2 Å². The Hall–Kier alpha value is -1.69. The van der Waals surface area contributed by atoms with Gasteiger partial charge in [-0.15, -0.1) is 0 Å². The number of aromatic nitrogens is 2. The van der Waals surface area contributed by atoms with Gasteiger partial charge in [0.05, 0.1) is 17.2 Å². The van der Waals surface area contributed by atoms with Gasteiger partial charge in [0.15, 0.2) is 11.5 Å². The summed E-state index contributed by atoms with van der Waals surface area (Å²) in [7, 11) is 0. The Labute approximate surface area is 113 Å². The first-order valence-electron chi connectivity index (χ1n) is 5.51. The van der Waals surface area contributed by atoms with Crippen LogP contribution in [0.5, 0.6) is 11.5 Å². The fourth-order valence-corrected chi connectivity index (χ4v) is 2.58. The Morgan fingerprint density at radius 1 is 1.44 bits per heavy atom. The third-order valence-corrected chi connectivity index (χ3v) is 3.50. The average Bonchev–Trinajstić information content (AvgIpc) is 2.91. The lowest BCUT2D eigenvalue weighted by Crippen LogP contribution is -2.06. The molecule has 0 unspecified atom stereocenters. The number of aryl methyl sites for hydroxylation is 1. The van der Waals surface area contributed by atoms with Gasteiger partial charge in [-0.1, -0.05) is 0 Å².